The molecule has 0 spiro atoms. The summed E-state index contributed by atoms with van der Waals surface area (Å²) >= 11 is 0. The van der Waals surface area contributed by atoms with Crippen LogP contribution in [0.2, 0.25) is 5.04 Å². The van der Waals surface area contributed by atoms with E-state index in [1.807, 2.05) is 6.92 Å². The molecule has 0 amide bonds. The normalized spacial score (nSPS) is 13.0. The Hall–Kier alpha value is -1.82. The molecule has 0 heterocycles. The Morgan fingerprint density at radius 3 is 1.81 bits per heavy atom. The Balaban J connectivity index is 2.64. The lowest BCUT2D eigenvalue weighted by molar-refractivity contribution is 0.181. The lowest BCUT2D eigenvalue weighted by Gasteiger charge is -2.45. The zero-order chi connectivity index (χ0) is 19.0. The second-order valence-corrected chi connectivity index (χ2v) is 12.1. The van der Waals surface area contributed by atoms with Gasteiger partial charge in [0.25, 0.3) is 8.32 Å². The van der Waals surface area contributed by atoms with E-state index in [2.05, 4.69) is 100 Å². The van der Waals surface area contributed by atoms with Gasteiger partial charge in [0.05, 0.1) is 6.10 Å². The molecule has 138 valence electrons. The van der Waals surface area contributed by atoms with Gasteiger partial charge in [0.1, 0.15) is 0 Å². The second-order valence-electron chi connectivity index (χ2n) is 7.82. The summed E-state index contributed by atoms with van der Waals surface area (Å²) in [5.74, 6) is 6.30. The molecular formula is C24H32OSi. The van der Waals surface area contributed by atoms with Gasteiger partial charge < -0.3 is 4.43 Å². The predicted molar refractivity (Wildman–Crippen MR) is 115 cm³/mol. The van der Waals surface area contributed by atoms with Crippen molar-refractivity contribution in [2.24, 2.45) is 0 Å². The van der Waals surface area contributed by atoms with Crippen molar-refractivity contribution >= 4 is 18.7 Å². The third kappa shape index (κ3) is 4.47. The van der Waals surface area contributed by atoms with Crippen LogP contribution in [0.25, 0.3) is 0 Å². The molecule has 2 aromatic carbocycles. The predicted octanol–water partition coefficient (Wildman–Crippen LogP) is 5.15. The Morgan fingerprint density at radius 1 is 0.923 bits per heavy atom. The Kier molecular flexibility index (Phi) is 7.26. The summed E-state index contributed by atoms with van der Waals surface area (Å²) in [6, 6.07) is 21.7. The van der Waals surface area contributed by atoms with Gasteiger partial charge in [0.2, 0.25) is 0 Å². The largest absolute Gasteiger partial charge is 0.404 e. The van der Waals surface area contributed by atoms with Gasteiger partial charge in [-0.05, 0) is 28.8 Å². The molecule has 0 fully saturated rings. The van der Waals surface area contributed by atoms with Crippen LogP contribution in [0.3, 0.4) is 0 Å². The Morgan fingerprint density at radius 2 is 1.42 bits per heavy atom. The molecule has 1 unspecified atom stereocenters. The van der Waals surface area contributed by atoms with Crippen LogP contribution in [0.15, 0.2) is 60.7 Å². The maximum absolute atomic E-state index is 7.15. The molecule has 26 heavy (non-hydrogen) atoms. The number of hydrogen-bond donors (Lipinski definition) is 0. The van der Waals surface area contributed by atoms with E-state index < -0.39 is 8.32 Å². The molecule has 0 aliphatic carbocycles. The quantitative estimate of drug-likeness (QED) is 0.488. The van der Waals surface area contributed by atoms with Crippen LogP contribution in [-0.4, -0.2) is 14.4 Å². The van der Waals surface area contributed by atoms with Crippen molar-refractivity contribution in [2.75, 3.05) is 0 Å². The highest BCUT2D eigenvalue weighted by molar-refractivity contribution is 6.99. The van der Waals surface area contributed by atoms with Gasteiger partial charge in [0, 0.05) is 6.42 Å². The molecule has 1 atom stereocenters. The second kappa shape index (κ2) is 9.21. The first-order valence-corrected chi connectivity index (χ1v) is 11.5. The van der Waals surface area contributed by atoms with Crippen LogP contribution in [0, 0.1) is 11.8 Å². The number of rotatable bonds is 7. The van der Waals surface area contributed by atoms with Gasteiger partial charge in [-0.25, -0.2) is 0 Å². The SMILES string of the molecule is CC#CCC(CCC)O[Si](c1ccccc1)(c1ccccc1)C(C)(C)C. The minimum absolute atomic E-state index is 0.0152. The lowest BCUT2D eigenvalue weighted by Crippen LogP contribution is -2.67. The lowest BCUT2D eigenvalue weighted by atomic mass is 10.1. The minimum atomic E-state index is -2.47. The molecule has 0 saturated heterocycles. The highest BCUT2D eigenvalue weighted by atomic mass is 28.4. The maximum Gasteiger partial charge on any atom is 0.261 e. The van der Waals surface area contributed by atoms with Crippen LogP contribution < -0.4 is 10.4 Å². The van der Waals surface area contributed by atoms with Crippen molar-refractivity contribution < 1.29 is 4.43 Å². The van der Waals surface area contributed by atoms with Crippen LogP contribution in [-0.2, 0) is 4.43 Å². The molecule has 0 radical (unpaired) electrons. The van der Waals surface area contributed by atoms with Gasteiger partial charge in [-0.2, -0.15) is 0 Å². The van der Waals surface area contributed by atoms with Gasteiger partial charge >= 0.3 is 0 Å². The fraction of sp³-hybridized carbons (Fsp3) is 0.417. The highest BCUT2D eigenvalue weighted by Crippen LogP contribution is 2.38. The Bertz CT molecular complexity index is 680. The van der Waals surface area contributed by atoms with Gasteiger partial charge in [-0.1, -0.05) is 94.8 Å². The van der Waals surface area contributed by atoms with E-state index in [0.717, 1.165) is 19.3 Å². The van der Waals surface area contributed by atoms with Gasteiger partial charge in [-0.3, -0.25) is 0 Å². The zero-order valence-electron chi connectivity index (χ0n) is 16.9. The topological polar surface area (TPSA) is 9.23 Å². The van der Waals surface area contributed by atoms with Crippen molar-refractivity contribution in [1.29, 1.82) is 0 Å². The summed E-state index contributed by atoms with van der Waals surface area (Å²) in [5, 5.41) is 2.69. The van der Waals surface area contributed by atoms with Crippen LogP contribution in [0.5, 0.6) is 0 Å². The summed E-state index contributed by atoms with van der Waals surface area (Å²) in [5.41, 5.74) is 0. The molecule has 1 nitrogen and oxygen atoms in total. The van der Waals surface area contributed by atoms with E-state index in [9.17, 15) is 0 Å². The average Bonchev–Trinajstić information content (AvgIpc) is 2.64. The van der Waals surface area contributed by atoms with Crippen molar-refractivity contribution in [3.63, 3.8) is 0 Å². The van der Waals surface area contributed by atoms with Gasteiger partial charge in [-0.15, -0.1) is 11.8 Å². The standard InChI is InChI=1S/C24H32OSi/c1-6-8-16-21(15-7-2)25-26(24(3,4)5,22-17-11-9-12-18-22)23-19-13-10-14-20-23/h9-14,17-21H,7,15-16H2,1-5H3. The monoisotopic (exact) mass is 364 g/mol. The molecule has 0 aliphatic heterocycles. The van der Waals surface area contributed by atoms with Crippen molar-refractivity contribution in [2.45, 2.75) is 65.0 Å². The van der Waals surface area contributed by atoms with E-state index in [1.165, 1.54) is 10.4 Å². The molecule has 0 N–H and O–H groups in total. The summed E-state index contributed by atoms with van der Waals surface area (Å²) in [7, 11) is -2.47. The van der Waals surface area contributed by atoms with Crippen LogP contribution in [0.4, 0.5) is 0 Å². The smallest absolute Gasteiger partial charge is 0.261 e. The summed E-state index contributed by atoms with van der Waals surface area (Å²) in [6.07, 6.45) is 3.11. The van der Waals surface area contributed by atoms with Crippen molar-refractivity contribution in [1.82, 2.24) is 0 Å². The fourth-order valence-electron chi connectivity index (χ4n) is 3.68. The molecular weight excluding hydrogens is 332 g/mol. The average molecular weight is 365 g/mol. The van der Waals surface area contributed by atoms with E-state index in [4.69, 9.17) is 4.43 Å². The van der Waals surface area contributed by atoms with Crippen molar-refractivity contribution in [3.8, 4) is 11.8 Å². The summed E-state index contributed by atoms with van der Waals surface area (Å²) in [6.45, 7) is 11.1. The third-order valence-electron chi connectivity index (χ3n) is 4.88. The van der Waals surface area contributed by atoms with Crippen LogP contribution in [0.1, 0.15) is 53.9 Å². The van der Waals surface area contributed by atoms with E-state index in [1.54, 1.807) is 0 Å². The first-order chi connectivity index (χ1) is 12.5. The summed E-state index contributed by atoms with van der Waals surface area (Å²) in [4.78, 5) is 0. The molecule has 2 aromatic rings. The fourth-order valence-corrected chi connectivity index (χ4v) is 8.40. The van der Waals surface area contributed by atoms with E-state index >= 15 is 0 Å². The first kappa shape index (κ1) is 20.5. The molecule has 0 bridgehead atoms. The number of hydrogen-bond acceptors (Lipinski definition) is 1. The van der Waals surface area contributed by atoms with Crippen molar-refractivity contribution in [3.05, 3.63) is 60.7 Å². The molecule has 0 saturated carbocycles. The molecule has 2 rings (SSSR count). The number of benzene rings is 2. The Labute approximate surface area is 160 Å². The highest BCUT2D eigenvalue weighted by Gasteiger charge is 2.51. The molecule has 2 heteroatoms. The zero-order valence-corrected chi connectivity index (χ0v) is 17.9. The molecule has 0 aromatic heterocycles. The van der Waals surface area contributed by atoms with Crippen LogP contribution >= 0.6 is 0 Å². The molecule has 0 aliphatic rings. The first-order valence-electron chi connectivity index (χ1n) is 9.64. The summed E-state index contributed by atoms with van der Waals surface area (Å²) < 4.78 is 7.15. The van der Waals surface area contributed by atoms with E-state index in [0.29, 0.717) is 0 Å². The van der Waals surface area contributed by atoms with Gasteiger partial charge in [0.15, 0.2) is 0 Å². The minimum Gasteiger partial charge on any atom is -0.404 e. The maximum atomic E-state index is 7.15. The van der Waals surface area contributed by atoms with E-state index in [-0.39, 0.29) is 11.1 Å². The third-order valence-corrected chi connectivity index (χ3v) is 9.97.